The number of ether oxygens (including phenoxy) is 1. The van der Waals surface area contributed by atoms with Gasteiger partial charge in [-0.1, -0.05) is 13.8 Å². The molecular formula is C14H21N3O3S2. The third-order valence-corrected chi connectivity index (χ3v) is 3.44. The Morgan fingerprint density at radius 3 is 2.59 bits per heavy atom. The highest BCUT2D eigenvalue weighted by molar-refractivity contribution is 8.68. The van der Waals surface area contributed by atoms with Crippen LogP contribution in [0.2, 0.25) is 0 Å². The molecule has 6 nitrogen and oxygen atoms in total. The summed E-state index contributed by atoms with van der Waals surface area (Å²) >= 11 is 4.02. The van der Waals surface area contributed by atoms with Crippen molar-refractivity contribution in [2.45, 2.75) is 51.8 Å². The maximum Gasteiger partial charge on any atom is 0.417 e. The maximum absolute atomic E-state index is 12.3. The first-order valence-corrected chi connectivity index (χ1v) is 8.91. The third-order valence-electron chi connectivity index (χ3n) is 2.59. The van der Waals surface area contributed by atoms with E-state index < -0.39 is 17.6 Å². The van der Waals surface area contributed by atoms with E-state index in [2.05, 4.69) is 21.6 Å². The molecule has 1 aliphatic heterocycles. The molecule has 0 atom stereocenters. The van der Waals surface area contributed by atoms with Gasteiger partial charge in [-0.3, -0.25) is 4.79 Å². The second-order valence-corrected chi connectivity index (χ2v) is 6.39. The lowest BCUT2D eigenvalue weighted by Gasteiger charge is -2.29. The van der Waals surface area contributed by atoms with Crippen LogP contribution in [0, 0.1) is 0 Å². The first-order valence-electron chi connectivity index (χ1n) is 7.04. The molecule has 0 bridgehead atoms. The zero-order chi connectivity index (χ0) is 16.9. The predicted molar refractivity (Wildman–Crippen MR) is 89.2 cm³/mol. The number of thiol groups is 1. The van der Waals surface area contributed by atoms with Crippen molar-refractivity contribution in [3.63, 3.8) is 0 Å². The first-order chi connectivity index (χ1) is 10.3. The van der Waals surface area contributed by atoms with E-state index in [-0.39, 0.29) is 6.54 Å². The van der Waals surface area contributed by atoms with Gasteiger partial charge in [-0.2, -0.15) is 0 Å². The SMILES string of the molecule is CC.CC(C)(C)OC(=O)N1CCc2nc(SS)ncc2C1=O. The average Bonchev–Trinajstić information content (AvgIpc) is 2.47. The lowest BCUT2D eigenvalue weighted by atomic mass is 10.1. The van der Waals surface area contributed by atoms with Crippen molar-refractivity contribution in [1.29, 1.82) is 0 Å². The van der Waals surface area contributed by atoms with Gasteiger partial charge in [-0.15, -0.1) is 11.7 Å². The molecule has 0 aromatic carbocycles. The molecule has 2 amide bonds. The van der Waals surface area contributed by atoms with Crippen LogP contribution < -0.4 is 0 Å². The molecule has 0 N–H and O–H groups in total. The van der Waals surface area contributed by atoms with E-state index in [0.29, 0.717) is 22.8 Å². The molecule has 22 heavy (non-hydrogen) atoms. The maximum atomic E-state index is 12.3. The third kappa shape index (κ3) is 4.61. The second-order valence-electron chi connectivity index (χ2n) is 5.29. The normalized spacial score (nSPS) is 13.9. The summed E-state index contributed by atoms with van der Waals surface area (Å²) in [6.07, 6.45) is 1.28. The van der Waals surface area contributed by atoms with Crippen LogP contribution in [0.3, 0.4) is 0 Å². The van der Waals surface area contributed by atoms with Gasteiger partial charge in [0.25, 0.3) is 5.91 Å². The summed E-state index contributed by atoms with van der Waals surface area (Å²) in [7, 11) is 1.11. The Kier molecular flexibility index (Phi) is 6.67. The Morgan fingerprint density at radius 1 is 1.41 bits per heavy atom. The van der Waals surface area contributed by atoms with Gasteiger partial charge in [-0.25, -0.2) is 19.7 Å². The van der Waals surface area contributed by atoms with Crippen LogP contribution in [-0.4, -0.2) is 39.0 Å². The summed E-state index contributed by atoms with van der Waals surface area (Å²) < 4.78 is 5.22. The van der Waals surface area contributed by atoms with Crippen molar-refractivity contribution in [1.82, 2.24) is 14.9 Å². The van der Waals surface area contributed by atoms with Gasteiger partial charge in [0.15, 0.2) is 5.16 Å². The first kappa shape index (κ1) is 18.8. The van der Waals surface area contributed by atoms with Gasteiger partial charge in [0.05, 0.1) is 11.3 Å². The van der Waals surface area contributed by atoms with Crippen molar-refractivity contribution in [2.75, 3.05) is 6.54 Å². The monoisotopic (exact) mass is 343 g/mol. The van der Waals surface area contributed by atoms with Gasteiger partial charge in [0, 0.05) is 19.2 Å². The number of amides is 2. The highest BCUT2D eigenvalue weighted by Crippen LogP contribution is 2.23. The molecule has 0 unspecified atom stereocenters. The van der Waals surface area contributed by atoms with E-state index in [1.54, 1.807) is 20.8 Å². The molecule has 1 aliphatic rings. The highest BCUT2D eigenvalue weighted by Gasteiger charge is 2.33. The largest absolute Gasteiger partial charge is 0.443 e. The van der Waals surface area contributed by atoms with Crippen LogP contribution in [-0.2, 0) is 11.2 Å². The Balaban J connectivity index is 0.00000116. The summed E-state index contributed by atoms with van der Waals surface area (Å²) in [6.45, 7) is 9.53. The summed E-state index contributed by atoms with van der Waals surface area (Å²) in [6, 6.07) is 0. The zero-order valence-corrected chi connectivity index (χ0v) is 15.1. The Labute approximate surface area is 139 Å². The van der Waals surface area contributed by atoms with Crippen LogP contribution in [0.1, 0.15) is 50.7 Å². The quantitative estimate of drug-likeness (QED) is 0.479. The summed E-state index contributed by atoms with van der Waals surface area (Å²) in [5.74, 6) is -0.420. The molecule has 0 fully saturated rings. The van der Waals surface area contributed by atoms with Crippen molar-refractivity contribution >= 4 is 34.5 Å². The van der Waals surface area contributed by atoms with E-state index in [1.165, 1.54) is 6.20 Å². The molecule has 2 rings (SSSR count). The number of rotatable bonds is 1. The highest BCUT2D eigenvalue weighted by atomic mass is 33.1. The lowest BCUT2D eigenvalue weighted by Crippen LogP contribution is -2.45. The van der Waals surface area contributed by atoms with Crippen LogP contribution >= 0.6 is 22.5 Å². The molecule has 1 aromatic rings. The number of hydrogen-bond donors (Lipinski definition) is 1. The van der Waals surface area contributed by atoms with E-state index in [9.17, 15) is 9.59 Å². The fourth-order valence-corrected chi connectivity index (χ4v) is 2.28. The van der Waals surface area contributed by atoms with Crippen molar-refractivity contribution in [3.8, 4) is 0 Å². The van der Waals surface area contributed by atoms with Crippen molar-refractivity contribution in [2.24, 2.45) is 0 Å². The topological polar surface area (TPSA) is 72.4 Å². The number of carbonyl (C=O) groups is 2. The average molecular weight is 343 g/mol. The number of hydrogen-bond acceptors (Lipinski definition) is 7. The summed E-state index contributed by atoms with van der Waals surface area (Å²) in [4.78, 5) is 33.6. The fourth-order valence-electron chi connectivity index (χ4n) is 1.77. The second kappa shape index (κ2) is 7.82. The molecular weight excluding hydrogens is 322 g/mol. The Bertz CT molecular complexity index is 559. The van der Waals surface area contributed by atoms with E-state index >= 15 is 0 Å². The zero-order valence-electron chi connectivity index (χ0n) is 13.4. The smallest absolute Gasteiger partial charge is 0.417 e. The van der Waals surface area contributed by atoms with Crippen molar-refractivity contribution < 1.29 is 14.3 Å². The van der Waals surface area contributed by atoms with Crippen LogP contribution in [0.4, 0.5) is 4.79 Å². The van der Waals surface area contributed by atoms with E-state index in [1.807, 2.05) is 13.8 Å². The molecule has 1 aromatic heterocycles. The van der Waals surface area contributed by atoms with E-state index in [4.69, 9.17) is 4.74 Å². The number of nitrogens with zero attached hydrogens (tertiary/aromatic N) is 3. The minimum absolute atomic E-state index is 0.258. The predicted octanol–water partition coefficient (Wildman–Crippen LogP) is 3.37. The molecule has 0 spiro atoms. The fraction of sp³-hybridized carbons (Fsp3) is 0.571. The summed E-state index contributed by atoms with van der Waals surface area (Å²) in [5, 5.41) is 0.491. The molecule has 0 saturated carbocycles. The number of aromatic nitrogens is 2. The summed E-state index contributed by atoms with van der Waals surface area (Å²) in [5.41, 5.74) is 0.343. The standard InChI is InChI=1S/C12H15N3O3S2.C2H6/c1-12(2,3)18-11(17)15-5-4-8-7(9(15)16)6-13-10(14-8)20-19;1-2/h6,19H,4-5H2,1-3H3;1-2H3. The molecule has 0 saturated heterocycles. The van der Waals surface area contributed by atoms with Crippen LogP contribution in [0.15, 0.2) is 11.4 Å². The van der Waals surface area contributed by atoms with Crippen LogP contribution in [0.25, 0.3) is 0 Å². The van der Waals surface area contributed by atoms with Gasteiger partial charge < -0.3 is 4.74 Å². The molecule has 2 heterocycles. The van der Waals surface area contributed by atoms with Gasteiger partial charge >= 0.3 is 6.09 Å². The van der Waals surface area contributed by atoms with Gasteiger partial charge in [-0.05, 0) is 31.6 Å². The molecule has 0 aliphatic carbocycles. The van der Waals surface area contributed by atoms with E-state index in [0.717, 1.165) is 15.7 Å². The molecule has 8 heteroatoms. The van der Waals surface area contributed by atoms with Gasteiger partial charge in [0.1, 0.15) is 5.60 Å². The number of carbonyl (C=O) groups excluding carboxylic acids is 2. The number of imide groups is 1. The van der Waals surface area contributed by atoms with Crippen molar-refractivity contribution in [3.05, 3.63) is 17.5 Å². The Morgan fingerprint density at radius 2 is 2.05 bits per heavy atom. The minimum Gasteiger partial charge on any atom is -0.443 e. The minimum atomic E-state index is -0.638. The molecule has 122 valence electrons. The number of fused-ring (bicyclic) bond motifs is 1. The molecule has 0 radical (unpaired) electrons. The Hall–Kier alpha value is -1.28. The lowest BCUT2D eigenvalue weighted by molar-refractivity contribution is 0.0232. The van der Waals surface area contributed by atoms with Gasteiger partial charge in [0.2, 0.25) is 0 Å². The van der Waals surface area contributed by atoms with Crippen LogP contribution in [0.5, 0.6) is 0 Å².